The van der Waals surface area contributed by atoms with Gasteiger partial charge in [-0.1, -0.05) is 31.2 Å². The van der Waals surface area contributed by atoms with Crippen LogP contribution in [0.2, 0.25) is 0 Å². The fraction of sp³-hybridized carbons (Fsp3) is 0.600. The zero-order valence-electron chi connectivity index (χ0n) is 25.1. The molecule has 3 aliphatic rings. The van der Waals surface area contributed by atoms with Crippen LogP contribution in [0.5, 0.6) is 0 Å². The number of alkyl halides is 3. The van der Waals surface area contributed by atoms with Gasteiger partial charge in [0.05, 0.1) is 31.7 Å². The van der Waals surface area contributed by atoms with Crippen LogP contribution < -0.4 is 21.7 Å². The van der Waals surface area contributed by atoms with E-state index < -0.39 is 24.2 Å². The van der Waals surface area contributed by atoms with E-state index in [0.29, 0.717) is 18.5 Å². The number of nitrogens with one attached hydrogen (secondary N) is 3. The Morgan fingerprint density at radius 2 is 1.90 bits per heavy atom. The summed E-state index contributed by atoms with van der Waals surface area (Å²) in [5.74, 6) is 0.620. The lowest BCUT2D eigenvalue weighted by Gasteiger charge is -2.43. The Morgan fingerprint density at radius 1 is 1.21 bits per heavy atom. The first-order chi connectivity index (χ1) is 19.9. The fourth-order valence-electron chi connectivity index (χ4n) is 5.96. The Kier molecular flexibility index (Phi) is 10.1. The molecule has 42 heavy (non-hydrogen) atoms. The van der Waals surface area contributed by atoms with Crippen LogP contribution in [0.3, 0.4) is 0 Å². The topological polar surface area (TPSA) is 108 Å². The van der Waals surface area contributed by atoms with E-state index in [1.165, 1.54) is 24.1 Å². The molecule has 1 aromatic carbocycles. The molecule has 1 aromatic rings. The molecule has 1 aliphatic carbocycles. The highest BCUT2D eigenvalue weighted by molar-refractivity contribution is 5.56. The highest BCUT2D eigenvalue weighted by Crippen LogP contribution is 2.42. The van der Waals surface area contributed by atoms with Crippen LogP contribution >= 0.6 is 0 Å². The van der Waals surface area contributed by atoms with Gasteiger partial charge in [0.1, 0.15) is 18.0 Å². The number of nitrogens with zero attached hydrogens (tertiary/aromatic N) is 5. The van der Waals surface area contributed by atoms with Gasteiger partial charge in [0.25, 0.3) is 0 Å². The SMILES string of the molecule is CCC1=C(C(N)/N=C\NC(CC#N)NCc2ccc(C3NC(C(F)(F)F)=CN3C(C)C)cc2)C(C2CC2)N(C)CN1C. The molecule has 2 aliphatic heterocycles. The summed E-state index contributed by atoms with van der Waals surface area (Å²) in [6.07, 6.45) is 0.397. The third-order valence-corrected chi connectivity index (χ3v) is 8.17. The summed E-state index contributed by atoms with van der Waals surface area (Å²) in [5.41, 5.74) is 9.99. The molecule has 230 valence electrons. The van der Waals surface area contributed by atoms with Gasteiger partial charge in [0.2, 0.25) is 0 Å². The minimum atomic E-state index is -4.43. The number of rotatable bonds is 12. The lowest BCUT2D eigenvalue weighted by atomic mass is 9.93. The summed E-state index contributed by atoms with van der Waals surface area (Å²) in [7, 11) is 4.23. The molecule has 1 saturated carbocycles. The molecule has 0 radical (unpaired) electrons. The van der Waals surface area contributed by atoms with Crippen molar-refractivity contribution in [2.45, 2.75) is 89.8 Å². The van der Waals surface area contributed by atoms with Crippen molar-refractivity contribution in [2.24, 2.45) is 16.6 Å². The van der Waals surface area contributed by atoms with Crippen molar-refractivity contribution in [2.75, 3.05) is 20.8 Å². The molecule has 0 amide bonds. The zero-order chi connectivity index (χ0) is 30.6. The van der Waals surface area contributed by atoms with E-state index in [1.54, 1.807) is 11.2 Å². The normalized spacial score (nSPS) is 23.3. The average Bonchev–Trinajstić information content (AvgIpc) is 3.66. The summed E-state index contributed by atoms with van der Waals surface area (Å²) >= 11 is 0. The molecule has 5 N–H and O–H groups in total. The number of nitrogens with two attached hydrogens (primary N) is 1. The van der Waals surface area contributed by atoms with Crippen LogP contribution in [-0.2, 0) is 6.54 Å². The third kappa shape index (κ3) is 7.38. The molecular formula is C30H44F3N9. The first kappa shape index (κ1) is 31.7. The van der Waals surface area contributed by atoms with Gasteiger partial charge in [0.15, 0.2) is 0 Å². The Hall–Kier alpha value is -3.27. The largest absolute Gasteiger partial charge is 0.432 e. The van der Waals surface area contributed by atoms with Crippen molar-refractivity contribution in [1.29, 1.82) is 5.26 Å². The van der Waals surface area contributed by atoms with E-state index in [-0.39, 0.29) is 18.6 Å². The molecule has 0 saturated heterocycles. The number of likely N-dealkylation sites (N-methyl/N-ethyl adjacent to an activating group) is 1. The van der Waals surface area contributed by atoms with Crippen molar-refractivity contribution in [3.05, 3.63) is 58.6 Å². The molecule has 9 nitrogen and oxygen atoms in total. The Balaban J connectivity index is 1.36. The van der Waals surface area contributed by atoms with Crippen molar-refractivity contribution in [1.82, 2.24) is 30.7 Å². The Bertz CT molecular complexity index is 1200. The molecule has 4 atom stereocenters. The quantitative estimate of drug-likeness (QED) is 0.166. The number of benzene rings is 1. The lowest BCUT2D eigenvalue weighted by Crippen LogP contribution is -2.51. The monoisotopic (exact) mass is 587 g/mol. The van der Waals surface area contributed by atoms with Crippen molar-refractivity contribution in [3.63, 3.8) is 0 Å². The summed E-state index contributed by atoms with van der Waals surface area (Å²) in [4.78, 5) is 10.9. The first-order valence-corrected chi connectivity index (χ1v) is 14.6. The molecule has 0 bridgehead atoms. The van der Waals surface area contributed by atoms with Crippen LogP contribution in [0.4, 0.5) is 13.2 Å². The molecule has 0 spiro atoms. The third-order valence-electron chi connectivity index (χ3n) is 8.17. The second-order valence-corrected chi connectivity index (χ2v) is 11.7. The highest BCUT2D eigenvalue weighted by atomic mass is 19.4. The van der Waals surface area contributed by atoms with Crippen molar-refractivity contribution in [3.8, 4) is 6.07 Å². The summed E-state index contributed by atoms with van der Waals surface area (Å²) in [6, 6.07) is 9.80. The number of halogens is 3. The molecule has 1 fully saturated rings. The molecule has 2 heterocycles. The number of allylic oxidation sites excluding steroid dienone is 2. The molecular weight excluding hydrogens is 543 g/mol. The van der Waals surface area contributed by atoms with E-state index in [0.717, 1.165) is 30.4 Å². The van der Waals surface area contributed by atoms with Gasteiger partial charge in [-0.15, -0.1) is 0 Å². The minimum Gasteiger partial charge on any atom is -0.365 e. The van der Waals surface area contributed by atoms with E-state index in [1.807, 2.05) is 38.1 Å². The van der Waals surface area contributed by atoms with E-state index >= 15 is 0 Å². The average molecular weight is 588 g/mol. The maximum Gasteiger partial charge on any atom is 0.432 e. The maximum absolute atomic E-state index is 13.3. The second kappa shape index (κ2) is 13.4. The molecule has 0 aromatic heterocycles. The predicted octanol–water partition coefficient (Wildman–Crippen LogP) is 3.91. The van der Waals surface area contributed by atoms with Crippen LogP contribution in [0.1, 0.15) is 63.7 Å². The molecule has 4 unspecified atom stereocenters. The van der Waals surface area contributed by atoms with E-state index in [9.17, 15) is 18.4 Å². The number of nitriles is 1. The van der Waals surface area contributed by atoms with Gasteiger partial charge in [-0.2, -0.15) is 18.4 Å². The predicted molar refractivity (Wildman–Crippen MR) is 158 cm³/mol. The smallest absolute Gasteiger partial charge is 0.365 e. The molecule has 12 heteroatoms. The van der Waals surface area contributed by atoms with Crippen LogP contribution in [-0.4, -0.2) is 72.4 Å². The van der Waals surface area contributed by atoms with Crippen molar-refractivity contribution >= 4 is 6.34 Å². The molecule has 4 rings (SSSR count). The Morgan fingerprint density at radius 3 is 2.48 bits per heavy atom. The number of hydrogen-bond donors (Lipinski definition) is 4. The van der Waals surface area contributed by atoms with Gasteiger partial charge in [-0.3, -0.25) is 15.2 Å². The fourth-order valence-corrected chi connectivity index (χ4v) is 5.96. The van der Waals surface area contributed by atoms with Gasteiger partial charge < -0.3 is 26.2 Å². The summed E-state index contributed by atoms with van der Waals surface area (Å²) in [5, 5.41) is 18.5. The number of aliphatic imine (C=N–C) groups is 1. The van der Waals surface area contributed by atoms with Crippen LogP contribution in [0, 0.1) is 17.2 Å². The van der Waals surface area contributed by atoms with Crippen molar-refractivity contribution < 1.29 is 13.2 Å². The standard InChI is InChI=1S/C30H44F3N9/c1-6-23-26(27(21-11-12-21)41(5)18-40(23)4)28(35)38-17-37-25(13-14-34)36-15-20-7-9-22(10-8-20)29-39-24(30(31,32)33)16-42(29)19(2)3/h7-10,16-17,19,21,25,27-29,36,39H,6,11-13,15,18,35H2,1-5H3,(H,37,38). The van der Waals surface area contributed by atoms with E-state index in [4.69, 9.17) is 5.73 Å². The zero-order valence-corrected chi connectivity index (χ0v) is 25.1. The minimum absolute atomic E-state index is 0.110. The second-order valence-electron chi connectivity index (χ2n) is 11.7. The maximum atomic E-state index is 13.3. The van der Waals surface area contributed by atoms with Crippen LogP contribution in [0.15, 0.2) is 52.4 Å². The van der Waals surface area contributed by atoms with Gasteiger partial charge in [0, 0.05) is 43.1 Å². The van der Waals surface area contributed by atoms with E-state index in [2.05, 4.69) is 57.8 Å². The van der Waals surface area contributed by atoms with Gasteiger partial charge in [-0.25, -0.2) is 0 Å². The van der Waals surface area contributed by atoms with Gasteiger partial charge in [-0.05, 0) is 57.2 Å². The lowest BCUT2D eigenvalue weighted by molar-refractivity contribution is -0.0963. The number of hydrogen-bond acceptors (Lipinski definition) is 8. The first-order valence-electron chi connectivity index (χ1n) is 14.6. The summed E-state index contributed by atoms with van der Waals surface area (Å²) in [6.45, 7) is 7.20. The Labute approximate surface area is 247 Å². The summed E-state index contributed by atoms with van der Waals surface area (Å²) < 4.78 is 39.9. The highest BCUT2D eigenvalue weighted by Gasteiger charge is 2.43. The van der Waals surface area contributed by atoms with Gasteiger partial charge >= 0.3 is 6.18 Å². The van der Waals surface area contributed by atoms with Crippen LogP contribution in [0.25, 0.3) is 0 Å².